The van der Waals surface area contributed by atoms with Crippen LogP contribution in [0, 0.1) is 0 Å². The molecule has 0 unspecified atom stereocenters. The fourth-order valence-corrected chi connectivity index (χ4v) is 3.76. The molecule has 172 valence electrons. The topological polar surface area (TPSA) is 65.1 Å². The number of aliphatic hydroxyl groups excluding tert-OH is 1. The Bertz CT molecular complexity index is 957. The molecule has 1 heterocycles. The summed E-state index contributed by atoms with van der Waals surface area (Å²) >= 11 is 11.9. The van der Waals surface area contributed by atoms with Gasteiger partial charge in [-0.15, -0.1) is 0 Å². The Balaban J connectivity index is 1.71. The smallest absolute Gasteiger partial charge is 0.393 e. The second-order valence-corrected chi connectivity index (χ2v) is 8.08. The van der Waals surface area contributed by atoms with E-state index >= 15 is 0 Å². The van der Waals surface area contributed by atoms with Gasteiger partial charge in [0, 0.05) is 42.5 Å². The normalized spacial score (nSPS) is 17.8. The van der Waals surface area contributed by atoms with Crippen molar-refractivity contribution in [2.75, 3.05) is 37.6 Å². The molecule has 1 saturated heterocycles. The van der Waals surface area contributed by atoms with Gasteiger partial charge < -0.3 is 15.7 Å². The molecule has 2 aromatic rings. The van der Waals surface area contributed by atoms with Crippen molar-refractivity contribution in [3.63, 3.8) is 0 Å². The fourth-order valence-electron chi connectivity index (χ4n) is 3.35. The fraction of sp³-hybridized carbons (Fsp3) is 0.318. The molecule has 1 aliphatic rings. The van der Waals surface area contributed by atoms with E-state index in [-0.39, 0.29) is 12.3 Å². The van der Waals surface area contributed by atoms with Crippen molar-refractivity contribution < 1.29 is 18.3 Å². The van der Waals surface area contributed by atoms with Gasteiger partial charge in [-0.2, -0.15) is 13.2 Å². The second kappa shape index (κ2) is 10.6. The van der Waals surface area contributed by atoms with Gasteiger partial charge >= 0.3 is 6.18 Å². The Labute approximate surface area is 194 Å². The summed E-state index contributed by atoms with van der Waals surface area (Å²) in [7, 11) is 0. The number of hydrogen-bond acceptors (Lipinski definition) is 5. The number of aliphatic imine (C=N–C) groups is 1. The van der Waals surface area contributed by atoms with Crippen molar-refractivity contribution >= 4 is 34.6 Å². The molecule has 0 spiro atoms. The minimum atomic E-state index is -4.79. The summed E-state index contributed by atoms with van der Waals surface area (Å²) < 4.78 is 39.2. The molecule has 3 rings (SSSR count). The number of nitrogens with two attached hydrogens (primary N) is 1. The van der Waals surface area contributed by atoms with Crippen molar-refractivity contribution in [3.8, 4) is 0 Å². The molecule has 0 aliphatic carbocycles. The Morgan fingerprint density at radius 3 is 2.19 bits per heavy atom. The number of rotatable bonds is 6. The lowest BCUT2D eigenvalue weighted by molar-refractivity contribution is -0.0927. The highest BCUT2D eigenvalue weighted by molar-refractivity contribution is 6.46. The zero-order valence-electron chi connectivity index (χ0n) is 17.1. The van der Waals surface area contributed by atoms with Gasteiger partial charge in [0.25, 0.3) is 0 Å². The Morgan fingerprint density at radius 1 is 1.03 bits per heavy atom. The molecule has 2 aromatic carbocycles. The summed E-state index contributed by atoms with van der Waals surface area (Å²) in [5.41, 5.74) is 5.10. The molecule has 32 heavy (non-hydrogen) atoms. The minimum Gasteiger partial charge on any atom is -0.393 e. The highest BCUT2D eigenvalue weighted by Crippen LogP contribution is 2.28. The first-order valence-electron chi connectivity index (χ1n) is 9.92. The zero-order chi connectivity index (χ0) is 23.3. The van der Waals surface area contributed by atoms with E-state index in [1.165, 1.54) is 0 Å². The van der Waals surface area contributed by atoms with E-state index in [1.54, 1.807) is 30.3 Å². The van der Waals surface area contributed by atoms with E-state index in [9.17, 15) is 18.3 Å². The third kappa shape index (κ3) is 6.16. The summed E-state index contributed by atoms with van der Waals surface area (Å²) in [6.07, 6.45) is -5.76. The summed E-state index contributed by atoms with van der Waals surface area (Å²) in [4.78, 5) is 8.21. The van der Waals surface area contributed by atoms with Crippen LogP contribution in [0.3, 0.4) is 0 Å². The number of piperazine rings is 1. The first-order valence-corrected chi connectivity index (χ1v) is 10.7. The average Bonchev–Trinajstić information content (AvgIpc) is 2.79. The van der Waals surface area contributed by atoms with E-state index in [1.807, 2.05) is 29.2 Å². The predicted molar refractivity (Wildman–Crippen MR) is 122 cm³/mol. The summed E-state index contributed by atoms with van der Waals surface area (Å²) in [6.45, 7) is 2.33. The first-order chi connectivity index (χ1) is 15.2. The Kier molecular flexibility index (Phi) is 8.05. The lowest BCUT2D eigenvalue weighted by Crippen LogP contribution is -2.51. The maximum atomic E-state index is 13.1. The van der Waals surface area contributed by atoms with Crippen LogP contribution in [0.15, 0.2) is 70.3 Å². The number of nitrogens with zero attached hydrogens (tertiary/aromatic N) is 3. The Hall–Kier alpha value is -2.26. The van der Waals surface area contributed by atoms with E-state index in [0.717, 1.165) is 5.69 Å². The van der Waals surface area contributed by atoms with Crippen molar-refractivity contribution in [1.29, 1.82) is 0 Å². The van der Waals surface area contributed by atoms with E-state index in [0.29, 0.717) is 36.8 Å². The monoisotopic (exact) mass is 486 g/mol. The standard InChI is InChI=1S/C22H23Cl2F3N4O/c23-16-6-8-17(9-7-16)30-10-12-31(13-11-30)18(32)14-29-20(15-4-2-1-3-5-15)19(24)21(28)22(25,26)27/h1-9,18,32H,10-14,28H2/t18-/m0/s1. The van der Waals surface area contributed by atoms with E-state index in [2.05, 4.69) is 9.89 Å². The van der Waals surface area contributed by atoms with Crippen molar-refractivity contribution in [2.24, 2.45) is 10.7 Å². The molecule has 0 bridgehead atoms. The molecule has 1 fully saturated rings. The zero-order valence-corrected chi connectivity index (χ0v) is 18.6. The van der Waals surface area contributed by atoms with Crippen LogP contribution in [-0.2, 0) is 0 Å². The van der Waals surface area contributed by atoms with Crippen molar-refractivity contribution in [3.05, 3.63) is 75.9 Å². The van der Waals surface area contributed by atoms with Crippen LogP contribution in [0.4, 0.5) is 18.9 Å². The average molecular weight is 487 g/mol. The number of allylic oxidation sites excluding steroid dienone is 2. The number of anilines is 1. The van der Waals surface area contributed by atoms with Crippen LogP contribution < -0.4 is 10.6 Å². The molecular formula is C22H23Cl2F3N4O. The number of benzene rings is 2. The van der Waals surface area contributed by atoms with Gasteiger partial charge in [0.2, 0.25) is 0 Å². The summed E-state index contributed by atoms with van der Waals surface area (Å²) in [5, 5.41) is 10.6. The number of hydrogen-bond donors (Lipinski definition) is 2. The number of aliphatic hydroxyl groups is 1. The van der Waals surface area contributed by atoms with Gasteiger partial charge in [0.15, 0.2) is 0 Å². The minimum absolute atomic E-state index is 0.110. The lowest BCUT2D eigenvalue weighted by Gasteiger charge is -2.38. The summed E-state index contributed by atoms with van der Waals surface area (Å²) in [6, 6.07) is 15.7. The highest BCUT2D eigenvalue weighted by atomic mass is 35.5. The van der Waals surface area contributed by atoms with E-state index in [4.69, 9.17) is 28.9 Å². The van der Waals surface area contributed by atoms with Crippen LogP contribution in [0.5, 0.6) is 0 Å². The highest BCUT2D eigenvalue weighted by Gasteiger charge is 2.35. The molecular weight excluding hydrogens is 464 g/mol. The van der Waals surface area contributed by atoms with Gasteiger partial charge in [0.1, 0.15) is 11.9 Å². The largest absolute Gasteiger partial charge is 0.432 e. The lowest BCUT2D eigenvalue weighted by atomic mass is 10.1. The van der Waals surface area contributed by atoms with Gasteiger partial charge in [-0.05, 0) is 24.3 Å². The second-order valence-electron chi connectivity index (χ2n) is 7.26. The maximum Gasteiger partial charge on any atom is 0.432 e. The van der Waals surface area contributed by atoms with Crippen LogP contribution in [0.2, 0.25) is 5.02 Å². The molecule has 5 nitrogen and oxygen atoms in total. The third-order valence-corrected chi connectivity index (χ3v) is 5.77. The predicted octanol–water partition coefficient (Wildman–Crippen LogP) is 4.24. The van der Waals surface area contributed by atoms with Crippen molar-refractivity contribution in [2.45, 2.75) is 12.4 Å². The molecule has 0 aromatic heterocycles. The van der Waals surface area contributed by atoms with Crippen LogP contribution in [0.25, 0.3) is 0 Å². The molecule has 1 atom stereocenters. The molecule has 1 aliphatic heterocycles. The van der Waals surface area contributed by atoms with Gasteiger partial charge in [0.05, 0.1) is 17.3 Å². The molecule has 0 radical (unpaired) electrons. The maximum absolute atomic E-state index is 13.1. The van der Waals surface area contributed by atoms with Crippen molar-refractivity contribution in [1.82, 2.24) is 4.90 Å². The van der Waals surface area contributed by atoms with E-state index < -0.39 is 23.1 Å². The van der Waals surface area contributed by atoms with Gasteiger partial charge in [-0.3, -0.25) is 9.89 Å². The van der Waals surface area contributed by atoms with Gasteiger partial charge in [-0.25, -0.2) is 0 Å². The quantitative estimate of drug-likeness (QED) is 0.599. The Morgan fingerprint density at radius 2 is 1.62 bits per heavy atom. The summed E-state index contributed by atoms with van der Waals surface area (Å²) in [5.74, 6) is 0. The van der Waals surface area contributed by atoms with Crippen LogP contribution in [0.1, 0.15) is 5.56 Å². The number of halogens is 5. The number of alkyl halides is 3. The first kappa shape index (κ1) is 24.4. The van der Waals surface area contributed by atoms with Crippen LogP contribution >= 0.6 is 23.2 Å². The molecule has 0 saturated carbocycles. The van der Waals surface area contributed by atoms with Crippen LogP contribution in [-0.4, -0.2) is 60.8 Å². The molecule has 10 heteroatoms. The third-order valence-electron chi connectivity index (χ3n) is 5.14. The molecule has 0 amide bonds. The SMILES string of the molecule is NC(=C(Cl)C(=NC[C@H](O)N1CCN(c2ccc(Cl)cc2)CC1)c1ccccc1)C(F)(F)F. The van der Waals surface area contributed by atoms with Gasteiger partial charge in [-0.1, -0.05) is 53.5 Å². The molecule has 3 N–H and O–H groups in total.